The fourth-order valence-electron chi connectivity index (χ4n) is 3.45. The Balaban J connectivity index is 1.60. The van der Waals surface area contributed by atoms with Crippen LogP contribution in [0.5, 0.6) is 0 Å². The summed E-state index contributed by atoms with van der Waals surface area (Å²) in [6, 6.07) is 11.2. The molecule has 2 aromatic carbocycles. The zero-order valence-electron chi connectivity index (χ0n) is 13.6. The van der Waals surface area contributed by atoms with Gasteiger partial charge in [-0.1, -0.05) is 35.3 Å². The highest BCUT2D eigenvalue weighted by molar-refractivity contribution is 7.79. The van der Waals surface area contributed by atoms with E-state index in [1.807, 2.05) is 0 Å². The van der Waals surface area contributed by atoms with Crippen molar-refractivity contribution in [1.29, 1.82) is 0 Å². The number of ketones is 2. The van der Waals surface area contributed by atoms with E-state index in [2.05, 4.69) is 0 Å². The summed E-state index contributed by atoms with van der Waals surface area (Å²) in [5, 5.41) is 0. The molecule has 6 nitrogen and oxygen atoms in total. The van der Waals surface area contributed by atoms with Gasteiger partial charge in [-0.3, -0.25) is 18.6 Å². The average molecular weight is 368 g/mol. The van der Waals surface area contributed by atoms with E-state index in [4.69, 9.17) is 0 Å². The molecule has 1 amide bonds. The van der Waals surface area contributed by atoms with Gasteiger partial charge in [-0.2, -0.15) is 0 Å². The lowest BCUT2D eigenvalue weighted by Crippen LogP contribution is -2.51. The molecule has 2 aromatic rings. The molecule has 132 valence electrons. The third-order valence-corrected chi connectivity index (χ3v) is 5.53. The third-order valence-electron chi connectivity index (χ3n) is 4.79. The van der Waals surface area contributed by atoms with Crippen LogP contribution in [0.15, 0.2) is 42.5 Å². The lowest BCUT2D eigenvalue weighted by molar-refractivity contribution is 0.0533. The van der Waals surface area contributed by atoms with Gasteiger partial charge in [0.25, 0.3) is 5.91 Å². The van der Waals surface area contributed by atoms with Crippen molar-refractivity contribution < 1.29 is 23.1 Å². The Bertz CT molecular complexity index is 978. The van der Waals surface area contributed by atoms with E-state index in [-0.39, 0.29) is 34.7 Å². The van der Waals surface area contributed by atoms with Gasteiger partial charge in [0.05, 0.1) is 0 Å². The van der Waals surface area contributed by atoms with Crippen molar-refractivity contribution in [2.45, 2.75) is 0 Å². The van der Waals surface area contributed by atoms with Crippen molar-refractivity contribution in [3.8, 4) is 0 Å². The molecule has 0 bridgehead atoms. The molecule has 0 spiro atoms. The number of hydrogen-bond acceptors (Lipinski definition) is 5. The Kier molecular flexibility index (Phi) is 4.05. The van der Waals surface area contributed by atoms with Gasteiger partial charge in [0.2, 0.25) is 0 Å². The van der Waals surface area contributed by atoms with E-state index in [0.717, 1.165) is 0 Å². The smallest absolute Gasteiger partial charge is 0.253 e. The van der Waals surface area contributed by atoms with Crippen LogP contribution in [0.1, 0.15) is 42.2 Å². The summed E-state index contributed by atoms with van der Waals surface area (Å²) in [4.78, 5) is 39.4. The van der Waals surface area contributed by atoms with E-state index < -0.39 is 11.1 Å². The molecule has 1 atom stereocenters. The number of hydrogen-bond donors (Lipinski definition) is 0. The summed E-state index contributed by atoms with van der Waals surface area (Å²) in [6.07, 6.45) is 0. The minimum absolute atomic E-state index is 0.0394. The summed E-state index contributed by atoms with van der Waals surface area (Å²) in [5.41, 5.74) is 1.58. The van der Waals surface area contributed by atoms with E-state index in [9.17, 15) is 23.1 Å². The van der Waals surface area contributed by atoms with Gasteiger partial charge >= 0.3 is 0 Å². The molecule has 1 heterocycles. The van der Waals surface area contributed by atoms with Crippen LogP contribution in [-0.2, 0) is 11.1 Å². The highest BCUT2D eigenvalue weighted by Crippen LogP contribution is 2.29. The average Bonchev–Trinajstić information content (AvgIpc) is 2.61. The molecule has 1 fully saturated rings. The molecule has 0 N–H and O–H groups in total. The van der Waals surface area contributed by atoms with E-state index in [0.29, 0.717) is 35.3 Å². The van der Waals surface area contributed by atoms with Gasteiger partial charge in [-0.25, -0.2) is 0 Å². The topological polar surface area (TPSA) is 94.6 Å². The molecule has 1 unspecified atom stereocenters. The first-order chi connectivity index (χ1) is 12.5. The summed E-state index contributed by atoms with van der Waals surface area (Å²) in [7, 11) is 0. The molecule has 2 aliphatic rings. The van der Waals surface area contributed by atoms with Crippen LogP contribution in [0.4, 0.5) is 0 Å². The quantitative estimate of drug-likeness (QED) is 0.652. The molecule has 0 aromatic heterocycles. The Hall–Kier alpha value is -2.64. The first-order valence-corrected chi connectivity index (χ1v) is 9.37. The Morgan fingerprint density at radius 2 is 1.58 bits per heavy atom. The number of carbonyl (C=O) groups is 3. The summed E-state index contributed by atoms with van der Waals surface area (Å²) in [6.45, 7) is 0.749. The minimum atomic E-state index is -2.12. The molecule has 4 rings (SSSR count). The predicted molar refractivity (Wildman–Crippen MR) is 92.9 cm³/mol. The molecule has 1 saturated heterocycles. The Labute approximate surface area is 152 Å². The van der Waals surface area contributed by atoms with Crippen LogP contribution in [0.2, 0.25) is 0 Å². The summed E-state index contributed by atoms with van der Waals surface area (Å²) in [5.74, 6) is -0.772. The second-order valence-corrected chi connectivity index (χ2v) is 7.45. The van der Waals surface area contributed by atoms with Crippen LogP contribution in [0, 0.1) is 5.92 Å². The molecule has 26 heavy (non-hydrogen) atoms. The maximum Gasteiger partial charge on any atom is 0.253 e. The van der Waals surface area contributed by atoms with Crippen molar-refractivity contribution in [1.82, 2.24) is 4.90 Å². The number of likely N-dealkylation sites (tertiary alicyclic amines) is 1. The first kappa shape index (κ1) is 16.8. The highest BCUT2D eigenvalue weighted by Gasteiger charge is 2.33. The van der Waals surface area contributed by atoms with Gasteiger partial charge in [-0.15, -0.1) is 0 Å². The zero-order chi connectivity index (χ0) is 18.4. The van der Waals surface area contributed by atoms with Crippen molar-refractivity contribution in [3.05, 3.63) is 70.3 Å². The predicted octanol–water partition coefficient (Wildman–Crippen LogP) is 1.41. The number of rotatable bonds is 3. The van der Waals surface area contributed by atoms with E-state index >= 15 is 0 Å². The largest absolute Gasteiger partial charge is 0.772 e. The molecule has 0 saturated carbocycles. The first-order valence-electron chi connectivity index (χ1n) is 8.13. The van der Waals surface area contributed by atoms with Gasteiger partial charge in [-0.05, 0) is 18.2 Å². The fraction of sp³-hybridized carbons (Fsp3) is 0.211. The van der Waals surface area contributed by atoms with Crippen LogP contribution in [-0.4, -0.2) is 50.0 Å². The lowest BCUT2D eigenvalue weighted by Gasteiger charge is -2.39. The second-order valence-electron chi connectivity index (χ2n) is 6.51. The van der Waals surface area contributed by atoms with E-state index in [1.54, 1.807) is 35.2 Å². The van der Waals surface area contributed by atoms with Gasteiger partial charge in [0.15, 0.2) is 11.6 Å². The standard InChI is InChI=1S/C19H15NO5S/c21-17-13-3-1-2-4-14(13)18(22)16-7-12(5-6-15(16)17)19(23)20-8-11(9-20)10-26(24)25/h1-7,11H,8-10H2,(H,24,25)/p-1. The summed E-state index contributed by atoms with van der Waals surface area (Å²) < 4.78 is 21.4. The SMILES string of the molecule is O=C1c2ccccc2C(=O)c2cc(C(=O)N3CC(CS(=O)[O-])C3)ccc21. The van der Waals surface area contributed by atoms with E-state index in [1.165, 1.54) is 12.1 Å². The molecule has 1 aliphatic carbocycles. The van der Waals surface area contributed by atoms with Crippen molar-refractivity contribution >= 4 is 28.6 Å². The minimum Gasteiger partial charge on any atom is -0.772 e. The van der Waals surface area contributed by atoms with Crippen molar-refractivity contribution in [3.63, 3.8) is 0 Å². The van der Waals surface area contributed by atoms with Crippen molar-refractivity contribution in [2.24, 2.45) is 5.92 Å². The monoisotopic (exact) mass is 368 g/mol. The molecule has 0 radical (unpaired) electrons. The number of fused-ring (bicyclic) bond motifs is 2. The maximum absolute atomic E-state index is 12.7. The van der Waals surface area contributed by atoms with Crippen molar-refractivity contribution in [2.75, 3.05) is 18.8 Å². The number of amides is 1. The number of nitrogens with zero attached hydrogens (tertiary/aromatic N) is 1. The molecule has 7 heteroatoms. The van der Waals surface area contributed by atoms with Gasteiger partial charge in [0.1, 0.15) is 0 Å². The molecular weight excluding hydrogens is 354 g/mol. The van der Waals surface area contributed by atoms with Crippen LogP contribution in [0.25, 0.3) is 0 Å². The number of benzene rings is 2. The van der Waals surface area contributed by atoms with Gasteiger partial charge in [0, 0.05) is 52.6 Å². The lowest BCUT2D eigenvalue weighted by atomic mass is 9.83. The second kappa shape index (κ2) is 6.26. The zero-order valence-corrected chi connectivity index (χ0v) is 14.5. The number of carbonyl (C=O) groups excluding carboxylic acids is 3. The fourth-order valence-corrected chi connectivity index (χ4v) is 4.04. The molecule has 1 aliphatic heterocycles. The highest BCUT2D eigenvalue weighted by atomic mass is 32.2. The normalized spacial score (nSPS) is 17.3. The van der Waals surface area contributed by atoms with Gasteiger partial charge < -0.3 is 9.45 Å². The van der Waals surface area contributed by atoms with Crippen LogP contribution in [0.3, 0.4) is 0 Å². The van der Waals surface area contributed by atoms with Crippen LogP contribution < -0.4 is 0 Å². The Morgan fingerprint density at radius 1 is 1.00 bits per heavy atom. The molecular formula is C19H14NO5S-. The summed E-state index contributed by atoms with van der Waals surface area (Å²) >= 11 is -2.12. The third kappa shape index (κ3) is 2.69. The van der Waals surface area contributed by atoms with Crippen LogP contribution >= 0.6 is 0 Å². The Morgan fingerprint density at radius 3 is 2.19 bits per heavy atom. The maximum atomic E-state index is 12.7.